The summed E-state index contributed by atoms with van der Waals surface area (Å²) in [6.45, 7) is 1.81. The van der Waals surface area contributed by atoms with Gasteiger partial charge < -0.3 is 25.6 Å². The van der Waals surface area contributed by atoms with E-state index in [2.05, 4.69) is 25.9 Å². The van der Waals surface area contributed by atoms with Gasteiger partial charge in [0.05, 0.1) is 6.54 Å². The molecule has 1 fully saturated rings. The van der Waals surface area contributed by atoms with Gasteiger partial charge in [0.1, 0.15) is 5.82 Å². The highest BCUT2D eigenvalue weighted by Gasteiger charge is 2.23. The Labute approximate surface area is 244 Å². The molecule has 10 nitrogen and oxygen atoms in total. The quantitative estimate of drug-likeness (QED) is 0.226. The zero-order valence-corrected chi connectivity index (χ0v) is 24.0. The van der Waals surface area contributed by atoms with E-state index in [4.69, 9.17) is 16.3 Å². The summed E-state index contributed by atoms with van der Waals surface area (Å²) in [7, 11) is 1.69. The van der Waals surface area contributed by atoms with E-state index < -0.39 is 5.97 Å². The number of anilines is 2. The monoisotopic (exact) mass is 578 g/mol. The molecule has 1 aliphatic rings. The molecule has 41 heavy (non-hydrogen) atoms. The highest BCUT2D eigenvalue weighted by atomic mass is 35.5. The summed E-state index contributed by atoms with van der Waals surface area (Å²) >= 11 is 6.42. The molecule has 1 saturated carbocycles. The number of urea groups is 1. The van der Waals surface area contributed by atoms with Crippen molar-refractivity contribution in [2.75, 3.05) is 30.4 Å². The standard InChI is InChI=1S/C30H35ClN6O4/c1-20(38)41-27-28(31)35-25(36-29(27)37(2)19-26(39)33-23-10-6-7-11-23)18-22-12-14-24(15-13-22)34-30(40)32-17-16-21-8-4-3-5-9-21/h3-5,8-9,12-15,23H,6-7,10-11,16-19H2,1-2H3,(H,33,39)(H2,32,34,40). The summed E-state index contributed by atoms with van der Waals surface area (Å²) in [5.41, 5.74) is 2.68. The number of ether oxygens (including phenoxy) is 1. The van der Waals surface area contributed by atoms with Crippen LogP contribution in [0, 0.1) is 0 Å². The number of esters is 1. The molecule has 4 rings (SSSR count). The van der Waals surface area contributed by atoms with Crippen LogP contribution in [0.2, 0.25) is 5.15 Å². The first-order chi connectivity index (χ1) is 19.8. The van der Waals surface area contributed by atoms with E-state index >= 15 is 0 Å². The maximum Gasteiger partial charge on any atom is 0.319 e. The van der Waals surface area contributed by atoms with E-state index in [1.54, 1.807) is 24.1 Å². The molecule has 0 radical (unpaired) electrons. The smallest absolute Gasteiger partial charge is 0.319 e. The van der Waals surface area contributed by atoms with Gasteiger partial charge in [0.2, 0.25) is 11.7 Å². The number of nitrogens with zero attached hydrogens (tertiary/aromatic N) is 3. The van der Waals surface area contributed by atoms with Crippen LogP contribution in [-0.4, -0.2) is 54.1 Å². The molecule has 216 valence electrons. The van der Waals surface area contributed by atoms with Gasteiger partial charge in [-0.1, -0.05) is 66.9 Å². The molecule has 3 amide bonds. The lowest BCUT2D eigenvalue weighted by molar-refractivity contribution is -0.131. The molecule has 0 saturated heterocycles. The lowest BCUT2D eigenvalue weighted by Crippen LogP contribution is -2.40. The average molecular weight is 579 g/mol. The van der Waals surface area contributed by atoms with Crippen LogP contribution in [-0.2, 0) is 22.4 Å². The van der Waals surface area contributed by atoms with E-state index in [1.807, 2.05) is 42.5 Å². The molecule has 0 unspecified atom stereocenters. The summed E-state index contributed by atoms with van der Waals surface area (Å²) in [5.74, 6) is -0.0559. The predicted octanol–water partition coefficient (Wildman–Crippen LogP) is 4.51. The van der Waals surface area contributed by atoms with Crippen LogP contribution in [0.3, 0.4) is 0 Å². The Kier molecular flexibility index (Phi) is 10.5. The normalized spacial score (nSPS) is 13.0. The molecule has 1 aromatic heterocycles. The second kappa shape index (κ2) is 14.5. The Bertz CT molecular complexity index is 1350. The molecule has 3 aromatic rings. The first-order valence-electron chi connectivity index (χ1n) is 13.7. The Balaban J connectivity index is 1.38. The molecular formula is C30H35ClN6O4. The van der Waals surface area contributed by atoms with E-state index in [9.17, 15) is 14.4 Å². The van der Waals surface area contributed by atoms with Gasteiger partial charge >= 0.3 is 12.0 Å². The first-order valence-corrected chi connectivity index (χ1v) is 14.1. The zero-order chi connectivity index (χ0) is 29.2. The minimum absolute atomic E-state index is 0.0110. The van der Waals surface area contributed by atoms with Crippen LogP contribution in [0.4, 0.5) is 16.3 Å². The van der Waals surface area contributed by atoms with Gasteiger partial charge in [0, 0.05) is 38.7 Å². The molecule has 11 heteroatoms. The van der Waals surface area contributed by atoms with Crippen LogP contribution in [0.15, 0.2) is 54.6 Å². The number of nitrogens with one attached hydrogen (secondary N) is 3. The molecule has 2 aromatic carbocycles. The van der Waals surface area contributed by atoms with Crippen LogP contribution in [0.5, 0.6) is 5.75 Å². The Morgan fingerprint density at radius 2 is 1.71 bits per heavy atom. The van der Waals surface area contributed by atoms with Gasteiger partial charge in [-0.25, -0.2) is 14.8 Å². The topological polar surface area (TPSA) is 126 Å². The summed E-state index contributed by atoms with van der Waals surface area (Å²) < 4.78 is 5.31. The van der Waals surface area contributed by atoms with Crippen LogP contribution < -0.4 is 25.6 Å². The van der Waals surface area contributed by atoms with E-state index in [0.717, 1.165) is 43.2 Å². The van der Waals surface area contributed by atoms with Gasteiger partial charge in [-0.15, -0.1) is 0 Å². The van der Waals surface area contributed by atoms with Gasteiger partial charge in [-0.05, 0) is 42.5 Å². The van der Waals surface area contributed by atoms with Crippen molar-refractivity contribution in [1.29, 1.82) is 0 Å². The number of likely N-dealkylation sites (N-methyl/N-ethyl adjacent to an activating group) is 1. The van der Waals surface area contributed by atoms with Crippen molar-refractivity contribution in [1.82, 2.24) is 20.6 Å². The van der Waals surface area contributed by atoms with Gasteiger partial charge in [0.15, 0.2) is 11.0 Å². The molecule has 0 atom stereocenters. The lowest BCUT2D eigenvalue weighted by Gasteiger charge is -2.22. The highest BCUT2D eigenvalue weighted by molar-refractivity contribution is 6.31. The Morgan fingerprint density at radius 1 is 1.00 bits per heavy atom. The van der Waals surface area contributed by atoms with Crippen molar-refractivity contribution >= 4 is 41.0 Å². The third-order valence-corrected chi connectivity index (χ3v) is 6.93. The van der Waals surface area contributed by atoms with Gasteiger partial charge in [-0.2, -0.15) is 0 Å². The second-order valence-corrected chi connectivity index (χ2v) is 10.4. The largest absolute Gasteiger partial charge is 0.419 e. The minimum atomic E-state index is -0.569. The van der Waals surface area contributed by atoms with E-state index in [0.29, 0.717) is 24.5 Å². The fraction of sp³-hybridized carbons (Fsp3) is 0.367. The molecule has 0 bridgehead atoms. The maximum absolute atomic E-state index is 12.6. The first kappa shape index (κ1) is 29.8. The number of rotatable bonds is 11. The number of benzene rings is 2. The molecule has 0 aliphatic heterocycles. The number of carbonyl (C=O) groups is 3. The number of hydrogen-bond acceptors (Lipinski definition) is 7. The minimum Gasteiger partial charge on any atom is -0.419 e. The molecular weight excluding hydrogens is 544 g/mol. The number of halogens is 1. The maximum atomic E-state index is 12.6. The molecule has 0 spiro atoms. The van der Waals surface area contributed by atoms with Crippen LogP contribution in [0.1, 0.15) is 49.6 Å². The Morgan fingerprint density at radius 3 is 2.39 bits per heavy atom. The van der Waals surface area contributed by atoms with Crippen LogP contribution >= 0.6 is 11.6 Å². The fourth-order valence-electron chi connectivity index (χ4n) is 4.69. The predicted molar refractivity (Wildman–Crippen MR) is 158 cm³/mol. The van der Waals surface area contributed by atoms with Gasteiger partial charge in [-0.3, -0.25) is 9.59 Å². The third kappa shape index (κ3) is 9.18. The highest BCUT2D eigenvalue weighted by Crippen LogP contribution is 2.33. The lowest BCUT2D eigenvalue weighted by atomic mass is 10.1. The summed E-state index contributed by atoms with van der Waals surface area (Å²) in [4.78, 5) is 47.2. The SMILES string of the molecule is CC(=O)Oc1c(Cl)nc(Cc2ccc(NC(=O)NCCc3ccccc3)cc2)nc1N(C)CC(=O)NC1CCCC1. The molecule has 3 N–H and O–H groups in total. The van der Waals surface area contributed by atoms with Crippen molar-refractivity contribution in [2.45, 2.75) is 51.5 Å². The number of carbonyl (C=O) groups excluding carboxylic acids is 3. The van der Waals surface area contributed by atoms with Crippen molar-refractivity contribution in [3.8, 4) is 5.75 Å². The fourth-order valence-corrected chi connectivity index (χ4v) is 4.91. The van der Waals surface area contributed by atoms with Crippen molar-refractivity contribution in [3.05, 3.63) is 76.7 Å². The van der Waals surface area contributed by atoms with Crippen molar-refractivity contribution in [2.24, 2.45) is 0 Å². The zero-order valence-electron chi connectivity index (χ0n) is 23.3. The number of aromatic nitrogens is 2. The summed E-state index contributed by atoms with van der Waals surface area (Å²) in [6.07, 6.45) is 5.26. The Hall–Kier alpha value is -4.18. The van der Waals surface area contributed by atoms with E-state index in [1.165, 1.54) is 6.92 Å². The average Bonchev–Trinajstić information content (AvgIpc) is 3.44. The van der Waals surface area contributed by atoms with E-state index in [-0.39, 0.29) is 41.2 Å². The van der Waals surface area contributed by atoms with Crippen molar-refractivity contribution < 1.29 is 19.1 Å². The second-order valence-electron chi connectivity index (χ2n) is 10.1. The third-order valence-electron chi connectivity index (χ3n) is 6.68. The summed E-state index contributed by atoms with van der Waals surface area (Å²) in [6, 6.07) is 17.2. The molecule has 1 heterocycles. The summed E-state index contributed by atoms with van der Waals surface area (Å²) in [5, 5.41) is 8.71. The molecule has 1 aliphatic carbocycles. The van der Waals surface area contributed by atoms with Gasteiger partial charge in [0.25, 0.3) is 0 Å². The van der Waals surface area contributed by atoms with Crippen LogP contribution in [0.25, 0.3) is 0 Å². The number of amides is 3. The number of hydrogen-bond donors (Lipinski definition) is 3. The van der Waals surface area contributed by atoms with Crippen molar-refractivity contribution in [3.63, 3.8) is 0 Å².